The van der Waals surface area contributed by atoms with Crippen LogP contribution >= 0.6 is 11.8 Å². The molecule has 0 saturated carbocycles. The second kappa shape index (κ2) is 6.93. The molecule has 19 heavy (non-hydrogen) atoms. The van der Waals surface area contributed by atoms with E-state index in [0.29, 0.717) is 5.69 Å². The summed E-state index contributed by atoms with van der Waals surface area (Å²) in [7, 11) is 1.94. The fraction of sp³-hybridized carbons (Fsp3) is 0.200. The lowest BCUT2D eigenvalue weighted by Crippen LogP contribution is -2.04. The van der Waals surface area contributed by atoms with E-state index in [1.54, 1.807) is 18.0 Å². The van der Waals surface area contributed by atoms with Gasteiger partial charge in [-0.15, -0.1) is 11.8 Å². The summed E-state index contributed by atoms with van der Waals surface area (Å²) in [6.07, 6.45) is 1.65. The van der Waals surface area contributed by atoms with Gasteiger partial charge in [0.05, 0.1) is 0 Å². The first-order valence-corrected chi connectivity index (χ1v) is 7.02. The Kier molecular flexibility index (Phi) is 4.96. The molecule has 96 valence electrons. The van der Waals surface area contributed by atoms with Crippen LogP contribution in [-0.2, 0) is 12.3 Å². The molecule has 0 radical (unpaired) electrons. The van der Waals surface area contributed by atoms with Crippen LogP contribution in [0.4, 0.5) is 0 Å². The molecule has 0 bridgehead atoms. The minimum absolute atomic E-state index is 0.515. The molecule has 2 rings (SSSR count). The lowest BCUT2D eigenvalue weighted by molar-refractivity contribution is 0.815. The number of benzene rings is 1. The highest BCUT2D eigenvalue weighted by Crippen LogP contribution is 2.24. The summed E-state index contributed by atoms with van der Waals surface area (Å²) in [5, 5.41) is 12.1. The van der Waals surface area contributed by atoms with E-state index in [1.807, 2.05) is 19.2 Å². The van der Waals surface area contributed by atoms with Crippen LogP contribution in [0, 0.1) is 11.3 Å². The van der Waals surface area contributed by atoms with Gasteiger partial charge in [0.2, 0.25) is 0 Å². The van der Waals surface area contributed by atoms with Crippen molar-refractivity contribution in [2.75, 3.05) is 7.05 Å². The summed E-state index contributed by atoms with van der Waals surface area (Å²) in [6, 6.07) is 14.4. The predicted molar refractivity (Wildman–Crippen MR) is 77.7 cm³/mol. The van der Waals surface area contributed by atoms with Gasteiger partial charge in [-0.25, -0.2) is 4.98 Å². The third-order valence-electron chi connectivity index (χ3n) is 2.67. The molecule has 1 aromatic carbocycles. The highest BCUT2D eigenvalue weighted by Gasteiger charge is 2.03. The van der Waals surface area contributed by atoms with Crippen LogP contribution in [0.2, 0.25) is 0 Å². The minimum atomic E-state index is 0.515. The first kappa shape index (κ1) is 13.6. The Morgan fingerprint density at radius 2 is 2.21 bits per heavy atom. The van der Waals surface area contributed by atoms with Crippen molar-refractivity contribution in [2.45, 2.75) is 17.2 Å². The van der Waals surface area contributed by atoms with E-state index < -0.39 is 0 Å². The van der Waals surface area contributed by atoms with E-state index in [2.05, 4.69) is 40.6 Å². The van der Waals surface area contributed by atoms with Crippen molar-refractivity contribution in [3.63, 3.8) is 0 Å². The van der Waals surface area contributed by atoms with Crippen molar-refractivity contribution < 1.29 is 0 Å². The van der Waals surface area contributed by atoms with Crippen LogP contribution < -0.4 is 5.32 Å². The Bertz CT molecular complexity index is 590. The zero-order chi connectivity index (χ0) is 13.5. The van der Waals surface area contributed by atoms with Gasteiger partial charge >= 0.3 is 0 Å². The number of hydrogen-bond donors (Lipinski definition) is 1. The Labute approximate surface area is 117 Å². The van der Waals surface area contributed by atoms with E-state index in [-0.39, 0.29) is 0 Å². The topological polar surface area (TPSA) is 48.7 Å². The van der Waals surface area contributed by atoms with Crippen molar-refractivity contribution in [2.24, 2.45) is 0 Å². The molecule has 0 amide bonds. The van der Waals surface area contributed by atoms with Gasteiger partial charge < -0.3 is 5.32 Å². The van der Waals surface area contributed by atoms with Crippen molar-refractivity contribution in [1.82, 2.24) is 10.3 Å². The summed E-state index contributed by atoms with van der Waals surface area (Å²) in [6.45, 7) is 0.866. The maximum atomic E-state index is 9.00. The summed E-state index contributed by atoms with van der Waals surface area (Å²) < 4.78 is 0. The molecule has 3 nitrogen and oxygen atoms in total. The smallest absolute Gasteiger partial charge is 0.144 e. The molecule has 1 heterocycles. The predicted octanol–water partition coefficient (Wildman–Crippen LogP) is 2.96. The first-order valence-electron chi connectivity index (χ1n) is 6.04. The van der Waals surface area contributed by atoms with Crippen molar-refractivity contribution in [3.8, 4) is 6.07 Å². The highest BCUT2D eigenvalue weighted by molar-refractivity contribution is 7.98. The Morgan fingerprint density at radius 3 is 3.00 bits per heavy atom. The number of pyridine rings is 1. The molecule has 0 aliphatic heterocycles. The maximum absolute atomic E-state index is 9.00. The van der Waals surface area contributed by atoms with Gasteiger partial charge in [0.15, 0.2) is 0 Å². The van der Waals surface area contributed by atoms with Gasteiger partial charge in [-0.05, 0) is 36.4 Å². The number of rotatable bonds is 5. The lowest BCUT2D eigenvalue weighted by Gasteiger charge is -2.05. The van der Waals surface area contributed by atoms with Crippen LogP contribution in [0.1, 0.15) is 16.8 Å². The molecule has 1 N–H and O–H groups in total. The standard InChI is InChI=1S/C15H15N3S/c1-17-10-12-4-2-6-14(8-12)19-11-13-5-3-7-18-15(13)9-16/h2-8,17H,10-11H2,1H3. The molecule has 0 aliphatic carbocycles. The SMILES string of the molecule is CNCc1cccc(SCc2cccnc2C#N)c1. The fourth-order valence-corrected chi connectivity index (χ4v) is 2.73. The Balaban J connectivity index is 2.06. The summed E-state index contributed by atoms with van der Waals surface area (Å²) in [5.74, 6) is 0.764. The van der Waals surface area contributed by atoms with Crippen LogP contribution in [0.3, 0.4) is 0 Å². The van der Waals surface area contributed by atoms with E-state index in [4.69, 9.17) is 5.26 Å². The summed E-state index contributed by atoms with van der Waals surface area (Å²) in [5.41, 5.74) is 2.76. The Morgan fingerprint density at radius 1 is 1.32 bits per heavy atom. The number of nitrogens with one attached hydrogen (secondary N) is 1. The molecule has 0 aliphatic rings. The summed E-state index contributed by atoms with van der Waals surface area (Å²) in [4.78, 5) is 5.28. The third kappa shape index (κ3) is 3.82. The van der Waals surface area contributed by atoms with Gasteiger partial charge in [-0.1, -0.05) is 18.2 Å². The highest BCUT2D eigenvalue weighted by atomic mass is 32.2. The molecule has 0 atom stereocenters. The van der Waals surface area contributed by atoms with Crippen molar-refractivity contribution in [3.05, 3.63) is 59.4 Å². The zero-order valence-corrected chi connectivity index (χ0v) is 11.6. The second-order valence-corrected chi connectivity index (χ2v) is 5.14. The lowest BCUT2D eigenvalue weighted by atomic mass is 10.2. The molecule has 4 heteroatoms. The molecule has 0 saturated heterocycles. The van der Waals surface area contributed by atoms with E-state index in [1.165, 1.54) is 10.5 Å². The maximum Gasteiger partial charge on any atom is 0.144 e. The van der Waals surface area contributed by atoms with E-state index in [9.17, 15) is 0 Å². The van der Waals surface area contributed by atoms with E-state index >= 15 is 0 Å². The Hall–Kier alpha value is -1.83. The largest absolute Gasteiger partial charge is 0.316 e. The number of nitrogens with zero attached hydrogens (tertiary/aromatic N) is 2. The van der Waals surface area contributed by atoms with Crippen molar-refractivity contribution in [1.29, 1.82) is 5.26 Å². The van der Waals surface area contributed by atoms with Gasteiger partial charge in [0.25, 0.3) is 0 Å². The monoisotopic (exact) mass is 269 g/mol. The van der Waals surface area contributed by atoms with Gasteiger partial charge in [-0.2, -0.15) is 5.26 Å². The number of hydrogen-bond acceptors (Lipinski definition) is 4. The molecule has 0 fully saturated rings. The third-order valence-corrected chi connectivity index (χ3v) is 3.71. The van der Waals surface area contributed by atoms with Crippen molar-refractivity contribution >= 4 is 11.8 Å². The average Bonchev–Trinajstić information content (AvgIpc) is 2.46. The molecular formula is C15H15N3S. The van der Waals surface area contributed by atoms with Gasteiger partial charge in [-0.3, -0.25) is 0 Å². The van der Waals surface area contributed by atoms with Gasteiger partial charge in [0.1, 0.15) is 11.8 Å². The van der Waals surface area contributed by atoms with Crippen LogP contribution in [0.25, 0.3) is 0 Å². The molecule has 1 aromatic heterocycles. The number of thioether (sulfide) groups is 1. The molecule has 2 aromatic rings. The minimum Gasteiger partial charge on any atom is -0.316 e. The number of aromatic nitrogens is 1. The fourth-order valence-electron chi connectivity index (χ4n) is 1.77. The first-order chi connectivity index (χ1) is 9.33. The van der Waals surface area contributed by atoms with Crippen LogP contribution in [0.5, 0.6) is 0 Å². The number of nitriles is 1. The molecule has 0 unspecified atom stereocenters. The van der Waals surface area contributed by atoms with E-state index in [0.717, 1.165) is 17.9 Å². The molecule has 0 spiro atoms. The quantitative estimate of drug-likeness (QED) is 0.848. The van der Waals surface area contributed by atoms with Gasteiger partial charge in [0, 0.05) is 23.4 Å². The zero-order valence-electron chi connectivity index (χ0n) is 10.8. The van der Waals surface area contributed by atoms with Crippen LogP contribution in [-0.4, -0.2) is 12.0 Å². The van der Waals surface area contributed by atoms with Crippen LogP contribution in [0.15, 0.2) is 47.5 Å². The second-order valence-electron chi connectivity index (χ2n) is 4.09. The molecular weight excluding hydrogens is 254 g/mol. The summed E-state index contributed by atoms with van der Waals surface area (Å²) >= 11 is 1.72. The average molecular weight is 269 g/mol. The normalized spacial score (nSPS) is 10.1.